The zero-order valence-corrected chi connectivity index (χ0v) is 14.3. The molecule has 1 heterocycles. The van der Waals surface area contributed by atoms with Crippen LogP contribution in [0.15, 0.2) is 30.5 Å². The molecule has 0 aliphatic carbocycles. The Labute approximate surface area is 137 Å². The van der Waals surface area contributed by atoms with Crippen LogP contribution in [-0.4, -0.2) is 34.7 Å². The number of aromatic amines is 1. The molecule has 0 aliphatic rings. The number of nitrogens with zero attached hydrogens (tertiary/aromatic N) is 2. The van der Waals surface area contributed by atoms with Gasteiger partial charge in [-0.2, -0.15) is 5.10 Å². The number of aromatic nitrogens is 2. The Bertz CT molecular complexity index is 578. The van der Waals surface area contributed by atoms with Crippen LogP contribution in [0.25, 0.3) is 0 Å². The number of hydrogen-bond acceptors (Lipinski definition) is 3. The molecule has 0 bridgehead atoms. The van der Waals surface area contributed by atoms with Crippen LogP contribution in [0.5, 0.6) is 0 Å². The molecule has 0 fully saturated rings. The van der Waals surface area contributed by atoms with Crippen LogP contribution in [0.4, 0.5) is 0 Å². The van der Waals surface area contributed by atoms with E-state index in [0.29, 0.717) is 0 Å². The maximum absolute atomic E-state index is 6.41. The molecule has 1 aromatic heterocycles. The number of likely N-dealkylation sites (N-methyl/N-ethyl adjacent to an activating group) is 1. The molecule has 0 saturated heterocycles. The second-order valence-corrected chi connectivity index (χ2v) is 5.82. The van der Waals surface area contributed by atoms with E-state index in [1.54, 1.807) is 0 Å². The maximum Gasteiger partial charge on any atom is 0.0535 e. The SMILES string of the molecule is CCN(CC)C(CNCc1cn[nH]c1C)c1ccccc1Cl. The summed E-state index contributed by atoms with van der Waals surface area (Å²) in [6.07, 6.45) is 1.88. The summed E-state index contributed by atoms with van der Waals surface area (Å²) in [5, 5.41) is 11.4. The van der Waals surface area contributed by atoms with Crippen LogP contribution in [0, 0.1) is 6.92 Å². The van der Waals surface area contributed by atoms with Crippen molar-refractivity contribution in [2.24, 2.45) is 0 Å². The highest BCUT2D eigenvalue weighted by Crippen LogP contribution is 2.27. The molecule has 22 heavy (non-hydrogen) atoms. The summed E-state index contributed by atoms with van der Waals surface area (Å²) in [5.41, 5.74) is 3.51. The summed E-state index contributed by atoms with van der Waals surface area (Å²) in [7, 11) is 0. The van der Waals surface area contributed by atoms with Gasteiger partial charge < -0.3 is 5.32 Å². The summed E-state index contributed by atoms with van der Waals surface area (Å²) >= 11 is 6.41. The Morgan fingerprint density at radius 3 is 2.59 bits per heavy atom. The third kappa shape index (κ3) is 4.09. The minimum absolute atomic E-state index is 0.274. The van der Waals surface area contributed by atoms with E-state index in [4.69, 9.17) is 11.6 Å². The van der Waals surface area contributed by atoms with Gasteiger partial charge in [0, 0.05) is 35.4 Å². The van der Waals surface area contributed by atoms with E-state index in [2.05, 4.69) is 46.4 Å². The lowest BCUT2D eigenvalue weighted by atomic mass is 10.0. The minimum atomic E-state index is 0.274. The average molecular weight is 321 g/mol. The van der Waals surface area contributed by atoms with Gasteiger partial charge in [0.25, 0.3) is 0 Å². The molecule has 1 aromatic carbocycles. The van der Waals surface area contributed by atoms with Crippen LogP contribution in [0.3, 0.4) is 0 Å². The normalized spacial score (nSPS) is 12.8. The number of hydrogen-bond donors (Lipinski definition) is 2. The minimum Gasteiger partial charge on any atom is -0.311 e. The van der Waals surface area contributed by atoms with E-state index in [9.17, 15) is 0 Å². The number of aryl methyl sites for hydroxylation is 1. The van der Waals surface area contributed by atoms with Gasteiger partial charge in [-0.25, -0.2) is 0 Å². The number of benzene rings is 1. The Morgan fingerprint density at radius 1 is 1.27 bits per heavy atom. The third-order valence-corrected chi connectivity index (χ3v) is 4.45. The molecular formula is C17H25ClN4. The first kappa shape index (κ1) is 17.0. The number of nitrogens with one attached hydrogen (secondary N) is 2. The van der Waals surface area contributed by atoms with Gasteiger partial charge in [0.2, 0.25) is 0 Å². The van der Waals surface area contributed by atoms with E-state index in [1.165, 1.54) is 11.1 Å². The highest BCUT2D eigenvalue weighted by atomic mass is 35.5. The average Bonchev–Trinajstić information content (AvgIpc) is 2.93. The van der Waals surface area contributed by atoms with Gasteiger partial charge in [-0.1, -0.05) is 43.6 Å². The molecule has 2 rings (SSSR count). The molecule has 1 unspecified atom stereocenters. The lowest BCUT2D eigenvalue weighted by Crippen LogP contribution is -2.35. The summed E-state index contributed by atoms with van der Waals surface area (Å²) < 4.78 is 0. The second kappa shape index (κ2) is 8.32. The van der Waals surface area contributed by atoms with Gasteiger partial charge in [0.15, 0.2) is 0 Å². The predicted octanol–water partition coefficient (Wildman–Crippen LogP) is 3.54. The van der Waals surface area contributed by atoms with E-state index >= 15 is 0 Å². The molecule has 0 aliphatic heterocycles. The molecule has 2 aromatic rings. The molecule has 0 saturated carbocycles. The highest BCUT2D eigenvalue weighted by molar-refractivity contribution is 6.31. The fourth-order valence-electron chi connectivity index (χ4n) is 2.74. The van der Waals surface area contributed by atoms with Gasteiger partial charge in [-0.3, -0.25) is 10.00 Å². The predicted molar refractivity (Wildman–Crippen MR) is 92.1 cm³/mol. The smallest absolute Gasteiger partial charge is 0.0535 e. The Hall–Kier alpha value is -1.36. The van der Waals surface area contributed by atoms with Gasteiger partial charge >= 0.3 is 0 Å². The molecular weight excluding hydrogens is 296 g/mol. The zero-order valence-electron chi connectivity index (χ0n) is 13.6. The molecule has 2 N–H and O–H groups in total. The summed E-state index contributed by atoms with van der Waals surface area (Å²) in [4.78, 5) is 2.43. The summed E-state index contributed by atoms with van der Waals surface area (Å²) in [6.45, 7) is 10.1. The van der Waals surface area contributed by atoms with Crippen LogP contribution in [-0.2, 0) is 6.54 Å². The van der Waals surface area contributed by atoms with E-state index in [1.807, 2.05) is 25.3 Å². The quantitative estimate of drug-likeness (QED) is 0.782. The van der Waals surface area contributed by atoms with E-state index in [0.717, 1.165) is 36.9 Å². The standard InChI is InChI=1S/C17H25ClN4/c1-4-22(5-2)17(15-8-6-7-9-16(15)18)12-19-10-14-11-20-21-13(14)3/h6-9,11,17,19H,4-5,10,12H2,1-3H3,(H,20,21). The molecule has 4 nitrogen and oxygen atoms in total. The van der Waals surface area contributed by atoms with Crippen LogP contribution in [0.2, 0.25) is 5.02 Å². The lowest BCUT2D eigenvalue weighted by Gasteiger charge is -2.31. The van der Waals surface area contributed by atoms with Crippen LogP contribution in [0.1, 0.15) is 36.7 Å². The van der Waals surface area contributed by atoms with E-state index in [-0.39, 0.29) is 6.04 Å². The molecule has 0 radical (unpaired) electrons. The first-order valence-electron chi connectivity index (χ1n) is 7.85. The topological polar surface area (TPSA) is 44.0 Å². The van der Waals surface area contributed by atoms with Crippen LogP contribution < -0.4 is 5.32 Å². The van der Waals surface area contributed by atoms with Gasteiger partial charge in [-0.15, -0.1) is 0 Å². The van der Waals surface area contributed by atoms with Crippen molar-refractivity contribution in [2.75, 3.05) is 19.6 Å². The van der Waals surface area contributed by atoms with Gasteiger partial charge in [0.05, 0.1) is 6.20 Å². The number of rotatable bonds is 8. The third-order valence-electron chi connectivity index (χ3n) is 4.10. The summed E-state index contributed by atoms with van der Waals surface area (Å²) in [5.74, 6) is 0. The van der Waals surface area contributed by atoms with Crippen molar-refractivity contribution < 1.29 is 0 Å². The monoisotopic (exact) mass is 320 g/mol. The lowest BCUT2D eigenvalue weighted by molar-refractivity contribution is 0.213. The Kier molecular flexibility index (Phi) is 6.43. The van der Waals surface area contributed by atoms with E-state index < -0.39 is 0 Å². The molecule has 5 heteroatoms. The maximum atomic E-state index is 6.41. The molecule has 120 valence electrons. The van der Waals surface area contributed by atoms with Gasteiger partial charge in [0.1, 0.15) is 0 Å². The van der Waals surface area contributed by atoms with Gasteiger partial charge in [-0.05, 0) is 31.6 Å². The van der Waals surface area contributed by atoms with Crippen molar-refractivity contribution in [2.45, 2.75) is 33.4 Å². The second-order valence-electron chi connectivity index (χ2n) is 5.41. The largest absolute Gasteiger partial charge is 0.311 e. The molecule has 0 amide bonds. The molecule has 1 atom stereocenters. The van der Waals surface area contributed by atoms with Crippen molar-refractivity contribution in [1.29, 1.82) is 0 Å². The zero-order chi connectivity index (χ0) is 15.9. The number of halogens is 1. The fourth-order valence-corrected chi connectivity index (χ4v) is 3.00. The Morgan fingerprint density at radius 2 is 2.00 bits per heavy atom. The van der Waals surface area contributed by atoms with Crippen molar-refractivity contribution >= 4 is 11.6 Å². The van der Waals surface area contributed by atoms with Crippen LogP contribution >= 0.6 is 11.6 Å². The summed E-state index contributed by atoms with van der Waals surface area (Å²) in [6, 6.07) is 8.39. The fraction of sp³-hybridized carbons (Fsp3) is 0.471. The molecule has 0 spiro atoms. The van der Waals surface area contributed by atoms with Crippen molar-refractivity contribution in [3.8, 4) is 0 Å². The first-order chi connectivity index (χ1) is 10.7. The van der Waals surface area contributed by atoms with Crippen molar-refractivity contribution in [3.63, 3.8) is 0 Å². The highest BCUT2D eigenvalue weighted by Gasteiger charge is 2.19. The first-order valence-corrected chi connectivity index (χ1v) is 8.23. The Balaban J connectivity index is 2.08. The number of H-pyrrole nitrogens is 1. The van der Waals surface area contributed by atoms with Crippen molar-refractivity contribution in [1.82, 2.24) is 20.4 Å². The van der Waals surface area contributed by atoms with Crippen molar-refractivity contribution in [3.05, 3.63) is 52.3 Å².